The summed E-state index contributed by atoms with van der Waals surface area (Å²) in [7, 11) is 0. The number of carbonyl (C=O) groups excluding carboxylic acids is 1. The first kappa shape index (κ1) is 15.2. The van der Waals surface area contributed by atoms with Crippen molar-refractivity contribution in [2.24, 2.45) is 5.92 Å². The Kier molecular flexibility index (Phi) is 5.10. The van der Waals surface area contributed by atoms with Gasteiger partial charge in [-0.3, -0.25) is 9.59 Å². The molecule has 1 amide bonds. The first-order valence-electron chi connectivity index (χ1n) is 6.43. The Morgan fingerprint density at radius 1 is 1.21 bits per heavy atom. The van der Waals surface area contributed by atoms with Gasteiger partial charge in [-0.05, 0) is 37.1 Å². The lowest BCUT2D eigenvalue weighted by Gasteiger charge is -2.24. The maximum atomic E-state index is 12.2. The second kappa shape index (κ2) is 6.36. The fourth-order valence-electron chi connectivity index (χ4n) is 1.78. The summed E-state index contributed by atoms with van der Waals surface area (Å²) in [6, 6.07) is 5.74. The van der Waals surface area contributed by atoms with Gasteiger partial charge in [0.25, 0.3) is 0 Å². The van der Waals surface area contributed by atoms with Gasteiger partial charge in [0.1, 0.15) is 0 Å². The van der Waals surface area contributed by atoms with E-state index in [0.29, 0.717) is 0 Å². The van der Waals surface area contributed by atoms with Crippen LogP contribution in [0.4, 0.5) is 5.69 Å². The minimum Gasteiger partial charge on any atom is -0.481 e. The van der Waals surface area contributed by atoms with Gasteiger partial charge in [0.05, 0.1) is 6.42 Å². The summed E-state index contributed by atoms with van der Waals surface area (Å²) in [4.78, 5) is 24.5. The zero-order chi connectivity index (χ0) is 14.6. The van der Waals surface area contributed by atoms with Crippen LogP contribution in [-0.2, 0) is 9.59 Å². The molecule has 0 bridgehead atoms. The molecule has 1 N–H and O–H groups in total. The molecule has 0 radical (unpaired) electrons. The van der Waals surface area contributed by atoms with Crippen molar-refractivity contribution in [2.75, 3.05) is 11.4 Å². The van der Waals surface area contributed by atoms with Crippen molar-refractivity contribution in [3.8, 4) is 0 Å². The zero-order valence-corrected chi connectivity index (χ0v) is 11.9. The van der Waals surface area contributed by atoms with Crippen molar-refractivity contribution in [3.05, 3.63) is 29.3 Å². The molecule has 0 saturated heterocycles. The number of anilines is 1. The lowest BCUT2D eigenvalue weighted by Crippen LogP contribution is -2.36. The van der Waals surface area contributed by atoms with Gasteiger partial charge in [-0.25, -0.2) is 0 Å². The molecule has 0 atom stereocenters. The molecule has 0 aromatic heterocycles. The number of aryl methyl sites for hydroxylation is 2. The maximum absolute atomic E-state index is 12.2. The second-order valence-corrected chi connectivity index (χ2v) is 5.06. The lowest BCUT2D eigenvalue weighted by molar-refractivity contribution is -0.136. The van der Waals surface area contributed by atoms with E-state index >= 15 is 0 Å². The average Bonchev–Trinajstić information content (AvgIpc) is 2.33. The van der Waals surface area contributed by atoms with Gasteiger partial charge >= 0.3 is 5.97 Å². The molecule has 0 fully saturated rings. The van der Waals surface area contributed by atoms with Gasteiger partial charge in [0.15, 0.2) is 0 Å². The number of amides is 1. The highest BCUT2D eigenvalue weighted by Crippen LogP contribution is 2.21. The van der Waals surface area contributed by atoms with E-state index in [0.717, 1.165) is 16.8 Å². The van der Waals surface area contributed by atoms with Gasteiger partial charge in [-0.2, -0.15) is 0 Å². The third kappa shape index (κ3) is 4.09. The Bertz CT molecular complexity index is 480. The van der Waals surface area contributed by atoms with Crippen molar-refractivity contribution >= 4 is 17.6 Å². The van der Waals surface area contributed by atoms with E-state index in [1.54, 1.807) is 4.90 Å². The molecule has 0 aliphatic rings. The highest BCUT2D eigenvalue weighted by Gasteiger charge is 2.19. The van der Waals surface area contributed by atoms with E-state index in [1.165, 1.54) is 0 Å². The summed E-state index contributed by atoms with van der Waals surface area (Å²) in [6.07, 6.45) is -0.0502. The quantitative estimate of drug-likeness (QED) is 0.888. The third-order valence-electron chi connectivity index (χ3n) is 3.11. The largest absolute Gasteiger partial charge is 0.481 e. The second-order valence-electron chi connectivity index (χ2n) is 5.06. The van der Waals surface area contributed by atoms with E-state index in [4.69, 9.17) is 5.11 Å². The van der Waals surface area contributed by atoms with Crippen LogP contribution >= 0.6 is 0 Å². The summed E-state index contributed by atoms with van der Waals surface area (Å²) in [5, 5.41) is 8.79. The van der Waals surface area contributed by atoms with E-state index in [2.05, 4.69) is 0 Å². The van der Waals surface area contributed by atoms with Gasteiger partial charge < -0.3 is 10.0 Å². The Morgan fingerprint density at radius 3 is 2.32 bits per heavy atom. The van der Waals surface area contributed by atoms with Crippen LogP contribution in [0.15, 0.2) is 18.2 Å². The first-order valence-corrected chi connectivity index (χ1v) is 6.43. The van der Waals surface area contributed by atoms with E-state index in [9.17, 15) is 9.59 Å². The summed E-state index contributed by atoms with van der Waals surface area (Å²) in [5.74, 6) is -1.11. The van der Waals surface area contributed by atoms with Crippen LogP contribution in [0, 0.1) is 19.8 Å². The van der Waals surface area contributed by atoms with Crippen LogP contribution in [0.2, 0.25) is 0 Å². The van der Waals surface area contributed by atoms with Gasteiger partial charge in [-0.1, -0.05) is 19.9 Å². The molecule has 19 heavy (non-hydrogen) atoms. The molecule has 104 valence electrons. The van der Waals surface area contributed by atoms with E-state index < -0.39 is 5.97 Å². The van der Waals surface area contributed by atoms with E-state index in [1.807, 2.05) is 45.9 Å². The number of carboxylic acids is 1. The minimum atomic E-state index is -0.898. The Hall–Kier alpha value is -1.84. The Balaban J connectivity index is 3.03. The predicted octanol–water partition coefficient (Wildman–Crippen LogP) is 2.77. The molecule has 1 aromatic rings. The smallest absolute Gasteiger partial charge is 0.305 e. The number of carboxylic acid groups (broad SMARTS) is 1. The Morgan fingerprint density at radius 2 is 1.84 bits per heavy atom. The Labute approximate surface area is 114 Å². The number of nitrogens with zero attached hydrogens (tertiary/aromatic N) is 1. The van der Waals surface area contributed by atoms with Gasteiger partial charge in [0, 0.05) is 18.2 Å². The molecule has 0 heterocycles. The van der Waals surface area contributed by atoms with Crippen LogP contribution in [0.5, 0.6) is 0 Å². The van der Waals surface area contributed by atoms with Crippen LogP contribution in [0.1, 0.15) is 31.4 Å². The molecule has 0 unspecified atom stereocenters. The lowest BCUT2D eigenvalue weighted by atomic mass is 10.1. The number of aliphatic carboxylic acids is 1. The van der Waals surface area contributed by atoms with Crippen molar-refractivity contribution in [1.29, 1.82) is 0 Å². The number of hydrogen-bond acceptors (Lipinski definition) is 2. The number of carbonyl (C=O) groups is 2. The molecule has 0 aliphatic carbocycles. The maximum Gasteiger partial charge on any atom is 0.305 e. The normalized spacial score (nSPS) is 10.6. The van der Waals surface area contributed by atoms with E-state index in [-0.39, 0.29) is 24.8 Å². The van der Waals surface area contributed by atoms with Crippen molar-refractivity contribution in [2.45, 2.75) is 34.1 Å². The number of rotatable bonds is 5. The highest BCUT2D eigenvalue weighted by atomic mass is 16.4. The standard InChI is InChI=1S/C15H21NO3/c1-10(2)15(19)16(8-7-14(17)18)13-6-5-11(3)12(4)9-13/h5-6,9-10H,7-8H2,1-4H3,(H,17,18). The summed E-state index contributed by atoms with van der Waals surface area (Å²) in [6.45, 7) is 7.82. The molecule has 4 heteroatoms. The van der Waals surface area contributed by atoms with Crippen molar-refractivity contribution in [3.63, 3.8) is 0 Å². The molecule has 4 nitrogen and oxygen atoms in total. The topological polar surface area (TPSA) is 57.6 Å². The molecule has 0 spiro atoms. The van der Waals surface area contributed by atoms with Gasteiger partial charge in [-0.15, -0.1) is 0 Å². The summed E-state index contributed by atoms with van der Waals surface area (Å²) in [5.41, 5.74) is 3.01. The number of benzene rings is 1. The molecular formula is C15H21NO3. The molecule has 0 saturated carbocycles. The van der Waals surface area contributed by atoms with Crippen LogP contribution in [0.3, 0.4) is 0 Å². The minimum absolute atomic E-state index is 0.0502. The van der Waals surface area contributed by atoms with Crippen LogP contribution < -0.4 is 4.90 Å². The van der Waals surface area contributed by atoms with Crippen LogP contribution in [0.25, 0.3) is 0 Å². The fraction of sp³-hybridized carbons (Fsp3) is 0.467. The molecule has 1 aromatic carbocycles. The molecular weight excluding hydrogens is 242 g/mol. The van der Waals surface area contributed by atoms with Gasteiger partial charge in [0.2, 0.25) is 5.91 Å². The zero-order valence-electron chi connectivity index (χ0n) is 11.9. The molecule has 1 rings (SSSR count). The van der Waals surface area contributed by atoms with Crippen molar-refractivity contribution < 1.29 is 14.7 Å². The average molecular weight is 263 g/mol. The number of hydrogen-bond donors (Lipinski definition) is 1. The monoisotopic (exact) mass is 263 g/mol. The SMILES string of the molecule is Cc1ccc(N(CCC(=O)O)C(=O)C(C)C)cc1C. The fourth-order valence-corrected chi connectivity index (χ4v) is 1.78. The van der Waals surface area contributed by atoms with Crippen LogP contribution in [-0.4, -0.2) is 23.5 Å². The highest BCUT2D eigenvalue weighted by molar-refractivity contribution is 5.95. The summed E-state index contributed by atoms with van der Waals surface area (Å²) < 4.78 is 0. The molecule has 0 aliphatic heterocycles. The predicted molar refractivity (Wildman–Crippen MR) is 75.4 cm³/mol. The summed E-state index contributed by atoms with van der Waals surface area (Å²) >= 11 is 0. The van der Waals surface area contributed by atoms with Crippen molar-refractivity contribution in [1.82, 2.24) is 0 Å². The first-order chi connectivity index (χ1) is 8.82. The third-order valence-corrected chi connectivity index (χ3v) is 3.11.